The maximum atomic E-state index is 12.1. The summed E-state index contributed by atoms with van der Waals surface area (Å²) < 4.78 is 1.73. The van der Waals surface area contributed by atoms with Gasteiger partial charge < -0.3 is 5.32 Å². The van der Waals surface area contributed by atoms with Crippen molar-refractivity contribution in [2.75, 3.05) is 13.1 Å². The van der Waals surface area contributed by atoms with E-state index < -0.39 is 0 Å². The third-order valence-electron chi connectivity index (χ3n) is 3.60. The molecule has 1 fully saturated rings. The first kappa shape index (κ1) is 11.3. The smallest absolute Gasteiger partial charge is 0.253 e. The van der Waals surface area contributed by atoms with Crippen LogP contribution in [0.5, 0.6) is 0 Å². The molecule has 2 heterocycles. The molecule has 0 bridgehead atoms. The van der Waals surface area contributed by atoms with E-state index in [1.807, 2.05) is 13.0 Å². The fourth-order valence-corrected chi connectivity index (χ4v) is 3.39. The van der Waals surface area contributed by atoms with Gasteiger partial charge in [-0.3, -0.25) is 4.79 Å². The number of amides is 1. The molecule has 2 aliphatic heterocycles. The first-order valence-electron chi connectivity index (χ1n) is 5.58. The van der Waals surface area contributed by atoms with Crippen LogP contribution in [0.15, 0.2) is 12.1 Å². The van der Waals surface area contributed by atoms with Crippen LogP contribution >= 0.6 is 23.4 Å². The van der Waals surface area contributed by atoms with Gasteiger partial charge in [-0.05, 0) is 35.9 Å². The Morgan fingerprint density at radius 3 is 2.94 bits per heavy atom. The number of nitrogens with one attached hydrogen (secondary N) is 1. The van der Waals surface area contributed by atoms with Crippen molar-refractivity contribution in [1.29, 1.82) is 0 Å². The lowest BCUT2D eigenvalue weighted by Crippen LogP contribution is -2.44. The van der Waals surface area contributed by atoms with E-state index in [0.29, 0.717) is 17.1 Å². The van der Waals surface area contributed by atoms with Crippen molar-refractivity contribution < 1.29 is 4.79 Å². The molecule has 3 nitrogen and oxygen atoms in total. The summed E-state index contributed by atoms with van der Waals surface area (Å²) >= 11 is 12.2. The van der Waals surface area contributed by atoms with Gasteiger partial charge in [0, 0.05) is 19.0 Å². The third kappa shape index (κ3) is 1.65. The minimum Gasteiger partial charge on any atom is -0.347 e. The topological polar surface area (TPSA) is 32.3 Å². The van der Waals surface area contributed by atoms with Crippen molar-refractivity contribution in [1.82, 2.24) is 9.74 Å². The summed E-state index contributed by atoms with van der Waals surface area (Å²) in [6, 6.07) is 3.85. The lowest BCUT2D eigenvalue weighted by Gasteiger charge is -2.30. The Bertz CT molecular complexity index is 504. The Balaban J connectivity index is 2.19. The van der Waals surface area contributed by atoms with Crippen LogP contribution in [0.3, 0.4) is 0 Å². The Hall–Kier alpha value is -0.770. The minimum absolute atomic E-state index is 0.0816. The summed E-state index contributed by atoms with van der Waals surface area (Å²) in [6.45, 7) is 3.45. The van der Waals surface area contributed by atoms with E-state index in [1.54, 1.807) is 10.5 Å². The molecule has 90 valence electrons. The van der Waals surface area contributed by atoms with Gasteiger partial charge >= 0.3 is 0 Å². The van der Waals surface area contributed by atoms with Gasteiger partial charge in [0.1, 0.15) is 0 Å². The van der Waals surface area contributed by atoms with Crippen molar-refractivity contribution >= 4 is 29.3 Å². The highest BCUT2D eigenvalue weighted by atomic mass is 35.5. The Labute approximate surface area is 110 Å². The van der Waals surface area contributed by atoms with E-state index in [-0.39, 0.29) is 17.9 Å². The summed E-state index contributed by atoms with van der Waals surface area (Å²) in [5.74, 6) is 0.167. The summed E-state index contributed by atoms with van der Waals surface area (Å²) in [5.41, 5.74) is 2.80. The lowest BCUT2D eigenvalue weighted by atomic mass is 9.83. The van der Waals surface area contributed by atoms with E-state index in [4.69, 9.17) is 23.4 Å². The van der Waals surface area contributed by atoms with Crippen molar-refractivity contribution in [2.45, 2.75) is 18.9 Å². The van der Waals surface area contributed by atoms with Crippen LogP contribution in [0, 0.1) is 6.92 Å². The predicted octanol–water partition coefficient (Wildman–Crippen LogP) is 2.31. The molecule has 2 aliphatic rings. The molecular weight excluding hydrogens is 259 g/mol. The molecule has 0 saturated carbocycles. The number of nitrogens with zero attached hydrogens (tertiary/aromatic N) is 1. The monoisotopic (exact) mass is 270 g/mol. The second-order valence-electron chi connectivity index (χ2n) is 4.67. The van der Waals surface area contributed by atoms with E-state index in [1.165, 1.54) is 0 Å². The summed E-state index contributed by atoms with van der Waals surface area (Å²) in [4.78, 5) is 12.1. The highest BCUT2D eigenvalue weighted by molar-refractivity contribution is 6.34. The molecule has 1 amide bonds. The molecule has 0 spiro atoms. The van der Waals surface area contributed by atoms with E-state index in [9.17, 15) is 4.79 Å². The number of aryl methyl sites for hydroxylation is 1. The van der Waals surface area contributed by atoms with Gasteiger partial charge in [-0.1, -0.05) is 17.7 Å². The normalized spacial score (nSPS) is 27.6. The van der Waals surface area contributed by atoms with E-state index in [2.05, 4.69) is 5.32 Å². The van der Waals surface area contributed by atoms with E-state index >= 15 is 0 Å². The average molecular weight is 271 g/mol. The number of carbonyl (C=O) groups is 1. The highest BCUT2D eigenvalue weighted by Crippen LogP contribution is 2.38. The first-order chi connectivity index (χ1) is 8.08. The second-order valence-corrected chi connectivity index (χ2v) is 5.55. The quantitative estimate of drug-likeness (QED) is 0.734. The second kappa shape index (κ2) is 3.87. The zero-order valence-electron chi connectivity index (χ0n) is 9.34. The number of hydrogen-bond donors (Lipinski definition) is 1. The molecule has 2 atom stereocenters. The maximum absolute atomic E-state index is 12.1. The molecule has 17 heavy (non-hydrogen) atoms. The molecule has 0 aliphatic carbocycles. The van der Waals surface area contributed by atoms with Crippen molar-refractivity contribution in [3.8, 4) is 0 Å². The Morgan fingerprint density at radius 2 is 2.18 bits per heavy atom. The number of halogens is 2. The molecule has 1 N–H and O–H groups in total. The molecule has 5 heteroatoms. The molecule has 1 aromatic carbocycles. The molecular formula is C12H12Cl2N2O. The van der Waals surface area contributed by atoms with Crippen LogP contribution < -0.4 is 5.32 Å². The molecule has 0 radical (unpaired) electrons. The van der Waals surface area contributed by atoms with Gasteiger partial charge in [-0.25, -0.2) is 4.42 Å². The molecule has 1 aromatic rings. The van der Waals surface area contributed by atoms with Gasteiger partial charge in [0.25, 0.3) is 5.91 Å². The SMILES string of the molecule is Cc1ccc(Cl)c2c1[C@H]1CN(Cl)C[C@@H]1NC2=O. The number of hydrogen-bond acceptors (Lipinski definition) is 2. The van der Waals surface area contributed by atoms with Gasteiger partial charge in [0.15, 0.2) is 0 Å². The molecule has 1 saturated heterocycles. The fourth-order valence-electron chi connectivity index (χ4n) is 2.84. The number of benzene rings is 1. The Kier molecular flexibility index (Phi) is 2.58. The van der Waals surface area contributed by atoms with Crippen molar-refractivity contribution in [2.24, 2.45) is 0 Å². The van der Waals surface area contributed by atoms with Crippen LogP contribution in [0.25, 0.3) is 0 Å². The predicted molar refractivity (Wildman–Crippen MR) is 67.6 cm³/mol. The number of carbonyl (C=O) groups excluding carboxylic acids is 1. The third-order valence-corrected chi connectivity index (χ3v) is 4.19. The van der Waals surface area contributed by atoms with Crippen LogP contribution in [-0.2, 0) is 0 Å². The van der Waals surface area contributed by atoms with Gasteiger partial charge in [-0.15, -0.1) is 0 Å². The van der Waals surface area contributed by atoms with Crippen molar-refractivity contribution in [3.63, 3.8) is 0 Å². The van der Waals surface area contributed by atoms with Crippen LogP contribution in [0.4, 0.5) is 0 Å². The molecule has 0 aromatic heterocycles. The standard InChI is InChI=1S/C12H12Cl2N2O/c1-6-2-3-8(13)11-10(6)7-4-16(14)5-9(7)15-12(11)17/h2-3,7,9H,4-5H2,1H3,(H,15,17)/t7-,9-/m0/s1. The van der Waals surface area contributed by atoms with Crippen LogP contribution in [-0.4, -0.2) is 29.5 Å². The molecule has 3 rings (SSSR count). The zero-order valence-corrected chi connectivity index (χ0v) is 10.8. The van der Waals surface area contributed by atoms with Crippen molar-refractivity contribution in [3.05, 3.63) is 33.8 Å². The lowest BCUT2D eigenvalue weighted by molar-refractivity contribution is 0.0923. The minimum atomic E-state index is -0.0816. The Morgan fingerprint density at radius 1 is 1.41 bits per heavy atom. The molecule has 0 unspecified atom stereocenters. The summed E-state index contributed by atoms with van der Waals surface area (Å²) in [7, 11) is 0. The van der Waals surface area contributed by atoms with Crippen LogP contribution in [0.2, 0.25) is 5.02 Å². The fraction of sp³-hybridized carbons (Fsp3) is 0.417. The zero-order chi connectivity index (χ0) is 12.2. The summed E-state index contributed by atoms with van der Waals surface area (Å²) in [6.07, 6.45) is 0. The van der Waals surface area contributed by atoms with E-state index in [0.717, 1.165) is 17.7 Å². The number of rotatable bonds is 0. The average Bonchev–Trinajstić information content (AvgIpc) is 2.62. The number of fused-ring (bicyclic) bond motifs is 3. The van der Waals surface area contributed by atoms with Gasteiger partial charge in [0.05, 0.1) is 16.6 Å². The largest absolute Gasteiger partial charge is 0.347 e. The summed E-state index contributed by atoms with van der Waals surface area (Å²) in [5, 5.41) is 3.51. The van der Waals surface area contributed by atoms with Crippen LogP contribution in [0.1, 0.15) is 27.4 Å². The van der Waals surface area contributed by atoms with Gasteiger partial charge in [-0.2, -0.15) is 0 Å². The van der Waals surface area contributed by atoms with Gasteiger partial charge in [0.2, 0.25) is 0 Å². The highest BCUT2D eigenvalue weighted by Gasteiger charge is 2.41. The first-order valence-corrected chi connectivity index (χ1v) is 6.30. The maximum Gasteiger partial charge on any atom is 0.253 e.